The molecule has 8 nitrogen and oxygen atoms in total. The molecule has 0 fully saturated rings. The molecule has 1 amide bonds. The maximum atomic E-state index is 12.0. The van der Waals surface area contributed by atoms with Crippen LogP contribution in [0.15, 0.2) is 75.1 Å². The van der Waals surface area contributed by atoms with Crippen molar-refractivity contribution in [2.24, 2.45) is 5.10 Å². The van der Waals surface area contributed by atoms with Crippen molar-refractivity contribution in [2.75, 3.05) is 12.9 Å². The quantitative estimate of drug-likeness (QED) is 0.144. The number of hydrogen-bond donors (Lipinski definition) is 1. The van der Waals surface area contributed by atoms with Gasteiger partial charge in [-0.1, -0.05) is 11.6 Å². The predicted octanol–water partition coefficient (Wildman–Crippen LogP) is 5.84. The highest BCUT2D eigenvalue weighted by Gasteiger charge is 2.12. The summed E-state index contributed by atoms with van der Waals surface area (Å²) >= 11 is 10.7. The van der Waals surface area contributed by atoms with E-state index < -0.39 is 4.92 Å². The van der Waals surface area contributed by atoms with Gasteiger partial charge in [0.15, 0.2) is 11.5 Å². The summed E-state index contributed by atoms with van der Waals surface area (Å²) in [7, 11) is 1.51. The molecular weight excluding hydrogens is 546 g/mol. The normalized spacial score (nSPS) is 10.8. The van der Waals surface area contributed by atoms with E-state index in [0.717, 1.165) is 10.5 Å². The molecular formula is C23H19BrClN3O5S. The summed E-state index contributed by atoms with van der Waals surface area (Å²) in [6, 6.07) is 16.8. The zero-order valence-electron chi connectivity index (χ0n) is 17.9. The van der Waals surface area contributed by atoms with E-state index >= 15 is 0 Å². The van der Waals surface area contributed by atoms with Gasteiger partial charge in [0, 0.05) is 22.1 Å². The number of hydrazone groups is 1. The lowest BCUT2D eigenvalue weighted by Crippen LogP contribution is -2.19. The number of methoxy groups -OCH3 is 1. The number of nitrogens with one attached hydrogen (secondary N) is 1. The van der Waals surface area contributed by atoms with Crippen molar-refractivity contribution in [2.45, 2.75) is 11.5 Å². The van der Waals surface area contributed by atoms with Gasteiger partial charge in [-0.25, -0.2) is 5.43 Å². The molecule has 0 unspecified atom stereocenters. The maximum absolute atomic E-state index is 12.0. The van der Waals surface area contributed by atoms with Crippen LogP contribution in [0.25, 0.3) is 0 Å². The van der Waals surface area contributed by atoms with Gasteiger partial charge in [-0.15, -0.1) is 11.8 Å². The third-order valence-electron chi connectivity index (χ3n) is 4.37. The Kier molecular flexibility index (Phi) is 9.32. The van der Waals surface area contributed by atoms with Crippen molar-refractivity contribution in [3.8, 4) is 11.5 Å². The standard InChI is InChI=1S/C23H19BrClN3O5S/c1-32-21-11-16(12-26-27-22(29)14-34-19-8-4-17(25)5-9-19)10-20(24)23(21)33-13-15-2-6-18(7-3-15)28(30)31/h2-12H,13-14H2,1H3,(H,27,29)/b26-12-. The fourth-order valence-corrected chi connectivity index (χ4v) is 4.11. The van der Waals surface area contributed by atoms with Gasteiger partial charge >= 0.3 is 0 Å². The van der Waals surface area contributed by atoms with E-state index in [9.17, 15) is 14.9 Å². The van der Waals surface area contributed by atoms with E-state index in [4.69, 9.17) is 21.1 Å². The minimum Gasteiger partial charge on any atom is -0.493 e. The van der Waals surface area contributed by atoms with Crippen molar-refractivity contribution in [3.05, 3.63) is 91.4 Å². The summed E-state index contributed by atoms with van der Waals surface area (Å²) in [5, 5.41) is 15.4. The van der Waals surface area contributed by atoms with Crippen LogP contribution in [0.5, 0.6) is 11.5 Å². The van der Waals surface area contributed by atoms with Gasteiger partial charge in [-0.3, -0.25) is 14.9 Å². The number of amides is 1. The van der Waals surface area contributed by atoms with E-state index in [1.165, 1.54) is 37.2 Å². The summed E-state index contributed by atoms with van der Waals surface area (Å²) in [6.07, 6.45) is 1.50. The highest BCUT2D eigenvalue weighted by Crippen LogP contribution is 2.37. The fraction of sp³-hybridized carbons (Fsp3) is 0.130. The fourth-order valence-electron chi connectivity index (χ4n) is 2.71. The lowest BCUT2D eigenvalue weighted by Gasteiger charge is -2.13. The highest BCUT2D eigenvalue weighted by atomic mass is 79.9. The van der Waals surface area contributed by atoms with Crippen LogP contribution in [-0.4, -0.2) is 29.9 Å². The molecule has 3 rings (SSSR count). The second-order valence-electron chi connectivity index (χ2n) is 6.78. The first kappa shape index (κ1) is 25.5. The lowest BCUT2D eigenvalue weighted by molar-refractivity contribution is -0.384. The van der Waals surface area contributed by atoms with Gasteiger partial charge in [-0.05, 0) is 75.6 Å². The molecule has 3 aromatic rings. The summed E-state index contributed by atoms with van der Waals surface area (Å²) in [5.41, 5.74) is 3.95. The van der Waals surface area contributed by atoms with Crippen molar-refractivity contribution in [1.82, 2.24) is 5.43 Å². The predicted molar refractivity (Wildman–Crippen MR) is 136 cm³/mol. The number of nitro groups is 1. The van der Waals surface area contributed by atoms with E-state index in [0.29, 0.717) is 26.6 Å². The Morgan fingerprint density at radius 3 is 2.56 bits per heavy atom. The van der Waals surface area contributed by atoms with Gasteiger partial charge < -0.3 is 9.47 Å². The van der Waals surface area contributed by atoms with Crippen molar-refractivity contribution in [1.29, 1.82) is 0 Å². The van der Waals surface area contributed by atoms with Gasteiger partial charge in [0.1, 0.15) is 6.61 Å². The van der Waals surface area contributed by atoms with Gasteiger partial charge in [-0.2, -0.15) is 5.10 Å². The van der Waals surface area contributed by atoms with Gasteiger partial charge in [0.25, 0.3) is 5.69 Å². The number of carbonyl (C=O) groups excluding carboxylic acids is 1. The van der Waals surface area contributed by atoms with Crippen LogP contribution in [0.3, 0.4) is 0 Å². The number of thioether (sulfide) groups is 1. The average molecular weight is 565 g/mol. The Morgan fingerprint density at radius 2 is 1.91 bits per heavy atom. The smallest absolute Gasteiger partial charge is 0.269 e. The number of ether oxygens (including phenoxy) is 2. The minimum absolute atomic E-state index is 0.0156. The first-order chi connectivity index (χ1) is 16.4. The van der Waals surface area contributed by atoms with E-state index in [2.05, 4.69) is 26.5 Å². The second kappa shape index (κ2) is 12.4. The zero-order chi connectivity index (χ0) is 24.5. The third kappa shape index (κ3) is 7.47. The molecule has 11 heteroatoms. The van der Waals surface area contributed by atoms with Crippen LogP contribution >= 0.6 is 39.3 Å². The molecule has 0 atom stereocenters. The van der Waals surface area contributed by atoms with Crippen LogP contribution in [0.2, 0.25) is 5.02 Å². The first-order valence-corrected chi connectivity index (χ1v) is 12.0. The molecule has 0 aliphatic carbocycles. The van der Waals surface area contributed by atoms with Crippen molar-refractivity contribution < 1.29 is 19.2 Å². The average Bonchev–Trinajstić information content (AvgIpc) is 2.83. The number of hydrogen-bond acceptors (Lipinski definition) is 7. The molecule has 0 heterocycles. The Labute approximate surface area is 213 Å². The van der Waals surface area contributed by atoms with Crippen LogP contribution in [0.4, 0.5) is 5.69 Å². The molecule has 176 valence electrons. The highest BCUT2D eigenvalue weighted by molar-refractivity contribution is 9.10. The van der Waals surface area contributed by atoms with Crippen LogP contribution < -0.4 is 14.9 Å². The number of benzene rings is 3. The number of halogens is 2. The molecule has 0 aliphatic heterocycles. The van der Waals surface area contributed by atoms with Crippen LogP contribution in [0, 0.1) is 10.1 Å². The molecule has 0 spiro atoms. The SMILES string of the molecule is COc1cc(/C=N\NC(=O)CSc2ccc(Cl)cc2)cc(Br)c1OCc1ccc([N+](=O)[O-])cc1. The molecule has 0 saturated heterocycles. The molecule has 0 aromatic heterocycles. The summed E-state index contributed by atoms with van der Waals surface area (Å²) < 4.78 is 11.9. The molecule has 0 saturated carbocycles. The van der Waals surface area contributed by atoms with Gasteiger partial charge in [0.05, 0.1) is 28.5 Å². The topological polar surface area (TPSA) is 103 Å². The number of rotatable bonds is 10. The first-order valence-electron chi connectivity index (χ1n) is 9.79. The van der Waals surface area contributed by atoms with Crippen molar-refractivity contribution in [3.63, 3.8) is 0 Å². The Morgan fingerprint density at radius 1 is 1.21 bits per heavy atom. The van der Waals surface area contributed by atoms with Crippen LogP contribution in [-0.2, 0) is 11.4 Å². The summed E-state index contributed by atoms with van der Waals surface area (Å²) in [5.74, 6) is 0.899. The number of nitrogens with zero attached hydrogens (tertiary/aromatic N) is 2. The molecule has 1 N–H and O–H groups in total. The Hall–Kier alpha value is -3.08. The second-order valence-corrected chi connectivity index (χ2v) is 9.12. The molecule has 3 aromatic carbocycles. The Bertz CT molecular complexity index is 1190. The molecule has 0 radical (unpaired) electrons. The van der Waals surface area contributed by atoms with Crippen molar-refractivity contribution >= 4 is 57.1 Å². The number of nitro benzene ring substituents is 1. The Balaban J connectivity index is 1.57. The van der Waals surface area contributed by atoms with E-state index in [1.54, 1.807) is 36.4 Å². The van der Waals surface area contributed by atoms with Crippen LogP contribution in [0.1, 0.15) is 11.1 Å². The molecule has 34 heavy (non-hydrogen) atoms. The monoisotopic (exact) mass is 563 g/mol. The lowest BCUT2D eigenvalue weighted by atomic mass is 10.2. The maximum Gasteiger partial charge on any atom is 0.269 e. The number of non-ortho nitro benzene ring substituents is 1. The van der Waals surface area contributed by atoms with E-state index in [-0.39, 0.29) is 24.0 Å². The molecule has 0 aliphatic rings. The summed E-state index contributed by atoms with van der Waals surface area (Å²) in [6.45, 7) is 0.196. The third-order valence-corrected chi connectivity index (χ3v) is 6.22. The zero-order valence-corrected chi connectivity index (χ0v) is 21.0. The summed E-state index contributed by atoms with van der Waals surface area (Å²) in [4.78, 5) is 23.3. The van der Waals surface area contributed by atoms with Gasteiger partial charge in [0.2, 0.25) is 5.91 Å². The number of carbonyl (C=O) groups is 1. The molecule has 0 bridgehead atoms. The minimum atomic E-state index is -0.453. The van der Waals surface area contributed by atoms with E-state index in [1.807, 2.05) is 12.1 Å². The largest absolute Gasteiger partial charge is 0.493 e.